The fourth-order valence-electron chi connectivity index (χ4n) is 2.90. The molecular formula is C21H21NO4. The summed E-state index contributed by atoms with van der Waals surface area (Å²) >= 11 is 0. The van der Waals surface area contributed by atoms with Crippen molar-refractivity contribution in [1.29, 1.82) is 0 Å². The molecule has 0 spiro atoms. The number of hydrogen-bond acceptors (Lipinski definition) is 4. The SMILES string of the molecule is Cc1ccc(C)c(OCC(=O)OCC(=O)c2c(C)[nH]c3ccccc23)c1. The normalized spacial score (nSPS) is 10.7. The molecule has 1 aromatic heterocycles. The number of carbonyl (C=O) groups is 2. The second-order valence-corrected chi connectivity index (χ2v) is 6.31. The van der Waals surface area contributed by atoms with Crippen LogP contribution in [0.15, 0.2) is 42.5 Å². The highest BCUT2D eigenvalue weighted by molar-refractivity contribution is 6.10. The van der Waals surface area contributed by atoms with Crippen LogP contribution in [0.4, 0.5) is 0 Å². The van der Waals surface area contributed by atoms with Gasteiger partial charge in [-0.05, 0) is 44.0 Å². The number of aromatic nitrogens is 1. The lowest BCUT2D eigenvalue weighted by molar-refractivity contribution is -0.144. The average molecular weight is 351 g/mol. The molecule has 0 amide bonds. The monoisotopic (exact) mass is 351 g/mol. The maximum atomic E-state index is 12.5. The van der Waals surface area contributed by atoms with E-state index < -0.39 is 5.97 Å². The van der Waals surface area contributed by atoms with Crippen LogP contribution in [-0.2, 0) is 9.53 Å². The maximum Gasteiger partial charge on any atom is 0.344 e. The van der Waals surface area contributed by atoms with E-state index in [0.717, 1.165) is 27.7 Å². The lowest BCUT2D eigenvalue weighted by Crippen LogP contribution is -2.20. The molecule has 0 aliphatic rings. The van der Waals surface area contributed by atoms with Crippen molar-refractivity contribution in [3.05, 3.63) is 64.8 Å². The van der Waals surface area contributed by atoms with Crippen LogP contribution in [0.3, 0.4) is 0 Å². The second-order valence-electron chi connectivity index (χ2n) is 6.31. The summed E-state index contributed by atoms with van der Waals surface area (Å²) in [6.45, 7) is 5.15. The molecule has 0 aliphatic carbocycles. The van der Waals surface area contributed by atoms with Crippen LogP contribution in [0.5, 0.6) is 5.75 Å². The summed E-state index contributed by atoms with van der Waals surface area (Å²) in [6, 6.07) is 13.3. The average Bonchev–Trinajstić information content (AvgIpc) is 2.96. The zero-order valence-electron chi connectivity index (χ0n) is 15.1. The van der Waals surface area contributed by atoms with Crippen molar-refractivity contribution in [2.24, 2.45) is 0 Å². The third-order valence-electron chi connectivity index (χ3n) is 4.23. The van der Waals surface area contributed by atoms with Gasteiger partial charge in [0.25, 0.3) is 0 Å². The Kier molecular flexibility index (Phi) is 5.07. The summed E-state index contributed by atoms with van der Waals surface area (Å²) in [4.78, 5) is 27.6. The number of para-hydroxylation sites is 1. The summed E-state index contributed by atoms with van der Waals surface area (Å²) < 4.78 is 10.6. The van der Waals surface area contributed by atoms with Gasteiger partial charge in [0.05, 0.1) is 0 Å². The number of ether oxygens (including phenoxy) is 2. The smallest absolute Gasteiger partial charge is 0.344 e. The van der Waals surface area contributed by atoms with Gasteiger partial charge in [-0.3, -0.25) is 4.79 Å². The van der Waals surface area contributed by atoms with E-state index in [-0.39, 0.29) is 19.0 Å². The van der Waals surface area contributed by atoms with Crippen molar-refractivity contribution in [3.8, 4) is 5.75 Å². The van der Waals surface area contributed by atoms with Gasteiger partial charge in [-0.25, -0.2) is 4.79 Å². The molecule has 0 atom stereocenters. The molecule has 26 heavy (non-hydrogen) atoms. The summed E-state index contributed by atoms with van der Waals surface area (Å²) in [5.74, 6) is -0.169. The molecule has 0 radical (unpaired) electrons. The van der Waals surface area contributed by atoms with Gasteiger partial charge in [-0.2, -0.15) is 0 Å². The minimum Gasteiger partial charge on any atom is -0.482 e. The standard InChI is InChI=1S/C21H21NO4/c1-13-8-9-14(2)19(10-13)25-12-20(24)26-11-18(23)21-15(3)22-17-7-5-4-6-16(17)21/h4-10,22H,11-12H2,1-3H3. The maximum absolute atomic E-state index is 12.5. The molecular weight excluding hydrogens is 330 g/mol. The van der Waals surface area contributed by atoms with E-state index in [1.807, 2.05) is 63.2 Å². The van der Waals surface area contributed by atoms with Gasteiger partial charge >= 0.3 is 5.97 Å². The Hall–Kier alpha value is -3.08. The molecule has 3 aromatic rings. The van der Waals surface area contributed by atoms with Gasteiger partial charge in [0.15, 0.2) is 13.2 Å². The van der Waals surface area contributed by atoms with Crippen molar-refractivity contribution >= 4 is 22.7 Å². The Labute approximate surface area is 151 Å². The van der Waals surface area contributed by atoms with Crippen LogP contribution in [0.25, 0.3) is 10.9 Å². The van der Waals surface area contributed by atoms with Gasteiger partial charge in [0, 0.05) is 22.2 Å². The van der Waals surface area contributed by atoms with Crippen LogP contribution >= 0.6 is 0 Å². The van der Waals surface area contributed by atoms with Gasteiger partial charge in [-0.1, -0.05) is 30.3 Å². The minimum atomic E-state index is -0.572. The highest BCUT2D eigenvalue weighted by Gasteiger charge is 2.17. The Morgan fingerprint density at radius 1 is 1.00 bits per heavy atom. The van der Waals surface area contributed by atoms with Crippen molar-refractivity contribution in [3.63, 3.8) is 0 Å². The van der Waals surface area contributed by atoms with E-state index in [0.29, 0.717) is 11.3 Å². The molecule has 5 nitrogen and oxygen atoms in total. The molecule has 5 heteroatoms. The zero-order chi connectivity index (χ0) is 18.7. The van der Waals surface area contributed by atoms with E-state index in [9.17, 15) is 9.59 Å². The summed E-state index contributed by atoms with van der Waals surface area (Å²) in [7, 11) is 0. The third-order valence-corrected chi connectivity index (χ3v) is 4.23. The fourth-order valence-corrected chi connectivity index (χ4v) is 2.90. The number of rotatable bonds is 6. The fraction of sp³-hybridized carbons (Fsp3) is 0.238. The minimum absolute atomic E-state index is 0.232. The molecule has 1 heterocycles. The van der Waals surface area contributed by atoms with E-state index >= 15 is 0 Å². The molecule has 3 rings (SSSR count). The van der Waals surface area contributed by atoms with Crippen LogP contribution in [0, 0.1) is 20.8 Å². The molecule has 0 unspecified atom stereocenters. The first kappa shape index (κ1) is 17.7. The number of aryl methyl sites for hydroxylation is 3. The first-order valence-electron chi connectivity index (χ1n) is 8.42. The topological polar surface area (TPSA) is 68.4 Å². The number of hydrogen-bond donors (Lipinski definition) is 1. The van der Waals surface area contributed by atoms with Crippen LogP contribution < -0.4 is 4.74 Å². The zero-order valence-corrected chi connectivity index (χ0v) is 15.1. The molecule has 2 aromatic carbocycles. The summed E-state index contributed by atoms with van der Waals surface area (Å²) in [5.41, 5.74) is 4.19. The molecule has 0 aliphatic heterocycles. The number of nitrogens with one attached hydrogen (secondary N) is 1. The summed E-state index contributed by atoms with van der Waals surface area (Å²) in [6.07, 6.45) is 0. The number of carbonyl (C=O) groups excluding carboxylic acids is 2. The molecule has 1 N–H and O–H groups in total. The predicted octanol–water partition coefficient (Wildman–Crippen LogP) is 3.90. The van der Waals surface area contributed by atoms with Crippen LogP contribution in [0.2, 0.25) is 0 Å². The molecule has 134 valence electrons. The predicted molar refractivity (Wildman–Crippen MR) is 99.7 cm³/mol. The van der Waals surface area contributed by atoms with Crippen molar-refractivity contribution in [2.45, 2.75) is 20.8 Å². The number of ketones is 1. The molecule has 0 saturated heterocycles. The first-order valence-corrected chi connectivity index (χ1v) is 8.42. The van der Waals surface area contributed by atoms with Gasteiger partial charge in [0.2, 0.25) is 5.78 Å². The van der Waals surface area contributed by atoms with E-state index in [1.54, 1.807) is 0 Å². The largest absolute Gasteiger partial charge is 0.482 e. The van der Waals surface area contributed by atoms with E-state index in [2.05, 4.69) is 4.98 Å². The molecule has 0 fully saturated rings. The van der Waals surface area contributed by atoms with Crippen molar-refractivity contribution < 1.29 is 19.1 Å². The number of benzene rings is 2. The lowest BCUT2D eigenvalue weighted by Gasteiger charge is -2.10. The Morgan fingerprint density at radius 3 is 2.58 bits per heavy atom. The van der Waals surface area contributed by atoms with Crippen LogP contribution in [-0.4, -0.2) is 30.0 Å². The number of esters is 1. The first-order chi connectivity index (χ1) is 12.5. The van der Waals surface area contributed by atoms with Gasteiger partial charge in [0.1, 0.15) is 5.75 Å². The number of Topliss-reactive ketones (excluding diaryl/α,β-unsaturated/α-hetero) is 1. The lowest BCUT2D eigenvalue weighted by atomic mass is 10.1. The van der Waals surface area contributed by atoms with E-state index in [4.69, 9.17) is 9.47 Å². The van der Waals surface area contributed by atoms with Gasteiger partial charge < -0.3 is 14.5 Å². The Bertz CT molecular complexity index is 971. The number of aromatic amines is 1. The quantitative estimate of drug-likeness (QED) is 0.540. The van der Waals surface area contributed by atoms with E-state index in [1.165, 1.54) is 0 Å². The molecule has 0 bridgehead atoms. The Morgan fingerprint density at radius 2 is 1.77 bits per heavy atom. The highest BCUT2D eigenvalue weighted by atomic mass is 16.6. The highest BCUT2D eigenvalue weighted by Crippen LogP contribution is 2.22. The van der Waals surface area contributed by atoms with Gasteiger partial charge in [-0.15, -0.1) is 0 Å². The van der Waals surface area contributed by atoms with Crippen molar-refractivity contribution in [2.75, 3.05) is 13.2 Å². The van der Waals surface area contributed by atoms with Crippen LogP contribution in [0.1, 0.15) is 27.2 Å². The number of H-pyrrole nitrogens is 1. The Balaban J connectivity index is 1.59. The third kappa shape index (κ3) is 3.77. The molecule has 0 saturated carbocycles. The summed E-state index contributed by atoms with van der Waals surface area (Å²) in [5, 5.41) is 0.831. The van der Waals surface area contributed by atoms with Crippen molar-refractivity contribution in [1.82, 2.24) is 4.98 Å². The second kappa shape index (κ2) is 7.44. The number of fused-ring (bicyclic) bond motifs is 1.